The van der Waals surface area contributed by atoms with Crippen LogP contribution in [0, 0.1) is 0 Å². The Labute approximate surface area is 120 Å². The van der Waals surface area contributed by atoms with E-state index < -0.39 is 0 Å². The lowest BCUT2D eigenvalue weighted by Gasteiger charge is -2.31. The molecule has 0 spiro atoms. The van der Waals surface area contributed by atoms with E-state index in [9.17, 15) is 4.79 Å². The first-order valence-corrected chi connectivity index (χ1v) is 7.27. The second-order valence-corrected chi connectivity index (χ2v) is 5.12. The van der Waals surface area contributed by atoms with Gasteiger partial charge in [-0.3, -0.25) is 4.79 Å². The highest BCUT2D eigenvalue weighted by molar-refractivity contribution is 5.94. The van der Waals surface area contributed by atoms with Crippen LogP contribution >= 0.6 is 0 Å². The van der Waals surface area contributed by atoms with Gasteiger partial charge in [0, 0.05) is 39.0 Å². The molecule has 0 aromatic carbocycles. The van der Waals surface area contributed by atoms with Crippen LogP contribution in [-0.4, -0.2) is 48.6 Å². The van der Waals surface area contributed by atoms with Crippen LogP contribution in [0.5, 0.6) is 0 Å². The zero-order chi connectivity index (χ0) is 14.4. The maximum absolute atomic E-state index is 12.4. The predicted octanol–water partition coefficient (Wildman–Crippen LogP) is 2.15. The van der Waals surface area contributed by atoms with E-state index in [1.807, 2.05) is 24.1 Å². The molecule has 1 aromatic heterocycles. The quantitative estimate of drug-likeness (QED) is 0.896. The topological polar surface area (TPSA) is 54.5 Å². The molecule has 1 fully saturated rings. The summed E-state index contributed by atoms with van der Waals surface area (Å²) < 4.78 is 5.33. The van der Waals surface area contributed by atoms with Gasteiger partial charge in [0.1, 0.15) is 5.82 Å². The summed E-state index contributed by atoms with van der Waals surface area (Å²) in [6, 6.07) is 3.97. The lowest BCUT2D eigenvalue weighted by molar-refractivity contribution is 0.0362. The van der Waals surface area contributed by atoms with Crippen molar-refractivity contribution in [3.8, 4) is 0 Å². The zero-order valence-corrected chi connectivity index (χ0v) is 12.3. The molecule has 0 atom stereocenters. The first-order chi connectivity index (χ1) is 9.72. The van der Waals surface area contributed by atoms with Crippen molar-refractivity contribution < 1.29 is 9.53 Å². The normalized spacial score (nSPS) is 15.9. The Hall–Kier alpha value is -1.62. The summed E-state index contributed by atoms with van der Waals surface area (Å²) in [6.45, 7) is 4.47. The second-order valence-electron chi connectivity index (χ2n) is 5.12. The molecule has 20 heavy (non-hydrogen) atoms. The summed E-state index contributed by atoms with van der Waals surface area (Å²) in [5.74, 6) is 0.851. The maximum atomic E-state index is 12.4. The fourth-order valence-electron chi connectivity index (χ4n) is 2.32. The molecule has 2 rings (SSSR count). The first kappa shape index (κ1) is 14.8. The third-order valence-corrected chi connectivity index (χ3v) is 3.63. The molecular formula is C15H23N3O2. The Morgan fingerprint density at radius 3 is 2.80 bits per heavy atom. The average molecular weight is 277 g/mol. The monoisotopic (exact) mass is 277 g/mol. The van der Waals surface area contributed by atoms with Gasteiger partial charge in [0.25, 0.3) is 5.91 Å². The molecular weight excluding hydrogens is 254 g/mol. The number of nitrogens with zero attached hydrogens (tertiary/aromatic N) is 2. The molecule has 110 valence electrons. The minimum atomic E-state index is 0.0337. The van der Waals surface area contributed by atoms with E-state index in [0.717, 1.165) is 44.8 Å². The van der Waals surface area contributed by atoms with E-state index in [4.69, 9.17) is 4.74 Å². The molecule has 1 amide bonds. The van der Waals surface area contributed by atoms with E-state index in [2.05, 4.69) is 17.2 Å². The van der Waals surface area contributed by atoms with E-state index >= 15 is 0 Å². The number of amides is 1. The molecule has 5 nitrogen and oxygen atoms in total. The van der Waals surface area contributed by atoms with Gasteiger partial charge in [-0.1, -0.05) is 6.92 Å². The van der Waals surface area contributed by atoms with Crippen molar-refractivity contribution in [3.05, 3.63) is 23.9 Å². The number of pyridine rings is 1. The van der Waals surface area contributed by atoms with Crippen molar-refractivity contribution in [1.82, 2.24) is 9.88 Å². The standard InChI is InChI=1S/C15H23N3O2/c1-3-8-16-14-5-4-12(11-17-14)15(19)18(2)13-6-9-20-10-7-13/h4-5,11,13H,3,6-10H2,1-2H3,(H,16,17). The molecule has 1 aliphatic heterocycles. The largest absolute Gasteiger partial charge is 0.381 e. The summed E-state index contributed by atoms with van der Waals surface area (Å²) in [5, 5.41) is 3.20. The van der Waals surface area contributed by atoms with Gasteiger partial charge in [0.2, 0.25) is 0 Å². The summed E-state index contributed by atoms with van der Waals surface area (Å²) in [5.41, 5.74) is 0.640. The molecule has 1 aliphatic rings. The van der Waals surface area contributed by atoms with Gasteiger partial charge < -0.3 is 15.0 Å². The van der Waals surface area contributed by atoms with Crippen molar-refractivity contribution in [2.24, 2.45) is 0 Å². The van der Waals surface area contributed by atoms with E-state index in [1.54, 1.807) is 6.20 Å². The number of anilines is 1. The average Bonchev–Trinajstić information content (AvgIpc) is 2.53. The molecule has 0 unspecified atom stereocenters. The highest BCUT2D eigenvalue weighted by Gasteiger charge is 2.23. The predicted molar refractivity (Wildman–Crippen MR) is 79.0 cm³/mol. The smallest absolute Gasteiger partial charge is 0.255 e. The number of nitrogens with one attached hydrogen (secondary N) is 1. The van der Waals surface area contributed by atoms with Gasteiger partial charge in [0.05, 0.1) is 5.56 Å². The van der Waals surface area contributed by atoms with Crippen LogP contribution in [0.4, 0.5) is 5.82 Å². The highest BCUT2D eigenvalue weighted by Crippen LogP contribution is 2.16. The summed E-state index contributed by atoms with van der Waals surface area (Å²) in [4.78, 5) is 18.5. The van der Waals surface area contributed by atoms with Crippen molar-refractivity contribution >= 4 is 11.7 Å². The fraction of sp³-hybridized carbons (Fsp3) is 0.600. The number of carbonyl (C=O) groups is 1. The number of aromatic nitrogens is 1. The van der Waals surface area contributed by atoms with E-state index in [-0.39, 0.29) is 11.9 Å². The third-order valence-electron chi connectivity index (χ3n) is 3.63. The molecule has 2 heterocycles. The number of rotatable bonds is 5. The highest BCUT2D eigenvalue weighted by atomic mass is 16.5. The minimum Gasteiger partial charge on any atom is -0.381 e. The molecule has 1 saturated heterocycles. The van der Waals surface area contributed by atoms with Gasteiger partial charge in [-0.2, -0.15) is 0 Å². The van der Waals surface area contributed by atoms with Gasteiger partial charge in [-0.25, -0.2) is 4.98 Å². The molecule has 1 N–H and O–H groups in total. The van der Waals surface area contributed by atoms with Crippen LogP contribution in [0.15, 0.2) is 18.3 Å². The SMILES string of the molecule is CCCNc1ccc(C(=O)N(C)C2CCOCC2)cn1. The summed E-state index contributed by atoms with van der Waals surface area (Å²) >= 11 is 0. The van der Waals surface area contributed by atoms with Gasteiger partial charge >= 0.3 is 0 Å². The summed E-state index contributed by atoms with van der Waals surface area (Å²) in [7, 11) is 1.86. The van der Waals surface area contributed by atoms with Crippen LogP contribution in [0.2, 0.25) is 0 Å². The Morgan fingerprint density at radius 2 is 2.20 bits per heavy atom. The third kappa shape index (κ3) is 3.70. The first-order valence-electron chi connectivity index (χ1n) is 7.27. The van der Waals surface area contributed by atoms with Gasteiger partial charge in [0.15, 0.2) is 0 Å². The maximum Gasteiger partial charge on any atom is 0.255 e. The number of carbonyl (C=O) groups excluding carboxylic acids is 1. The Morgan fingerprint density at radius 1 is 1.45 bits per heavy atom. The lowest BCUT2D eigenvalue weighted by Crippen LogP contribution is -2.40. The summed E-state index contributed by atoms with van der Waals surface area (Å²) in [6.07, 6.45) is 4.52. The van der Waals surface area contributed by atoms with E-state index in [1.165, 1.54) is 0 Å². The van der Waals surface area contributed by atoms with Crippen LogP contribution in [0.1, 0.15) is 36.5 Å². The van der Waals surface area contributed by atoms with Crippen molar-refractivity contribution in [2.75, 3.05) is 32.1 Å². The van der Waals surface area contributed by atoms with Crippen LogP contribution in [0.25, 0.3) is 0 Å². The second kappa shape index (κ2) is 7.24. The molecule has 5 heteroatoms. The molecule has 1 aromatic rings. The molecule has 0 bridgehead atoms. The van der Waals surface area contributed by atoms with Crippen LogP contribution in [0.3, 0.4) is 0 Å². The number of hydrogen-bond donors (Lipinski definition) is 1. The fourth-order valence-corrected chi connectivity index (χ4v) is 2.32. The van der Waals surface area contributed by atoms with E-state index in [0.29, 0.717) is 5.56 Å². The van der Waals surface area contributed by atoms with Gasteiger partial charge in [-0.15, -0.1) is 0 Å². The number of ether oxygens (including phenoxy) is 1. The minimum absolute atomic E-state index is 0.0337. The molecule has 0 radical (unpaired) electrons. The van der Waals surface area contributed by atoms with Crippen LogP contribution in [-0.2, 0) is 4.74 Å². The van der Waals surface area contributed by atoms with Crippen molar-refractivity contribution in [2.45, 2.75) is 32.2 Å². The molecule has 0 aliphatic carbocycles. The van der Waals surface area contributed by atoms with Crippen molar-refractivity contribution in [1.29, 1.82) is 0 Å². The van der Waals surface area contributed by atoms with Crippen LogP contribution < -0.4 is 5.32 Å². The number of hydrogen-bond acceptors (Lipinski definition) is 4. The van der Waals surface area contributed by atoms with Crippen molar-refractivity contribution in [3.63, 3.8) is 0 Å². The Bertz CT molecular complexity index is 427. The zero-order valence-electron chi connectivity index (χ0n) is 12.3. The molecule has 0 saturated carbocycles. The lowest BCUT2D eigenvalue weighted by atomic mass is 10.1. The van der Waals surface area contributed by atoms with Gasteiger partial charge in [-0.05, 0) is 31.4 Å². The Balaban J connectivity index is 1.97. The Kier molecular flexibility index (Phi) is 5.35.